The number of benzene rings is 1. The standard InChI is InChI=1S/C14H10BrN3O2/c1-8-3-2-4-13(17-8)18-12-6-9(15)5-10(14(19)20)11(12)7-16-18/h2-7H,1H3,(H,19,20). The van der Waals surface area contributed by atoms with Gasteiger partial charge in [-0.1, -0.05) is 22.0 Å². The van der Waals surface area contributed by atoms with Crippen molar-refractivity contribution in [3.63, 3.8) is 0 Å². The Morgan fingerprint density at radius 1 is 1.35 bits per heavy atom. The van der Waals surface area contributed by atoms with Gasteiger partial charge in [-0.25, -0.2) is 14.5 Å². The molecule has 0 aliphatic heterocycles. The number of rotatable bonds is 2. The van der Waals surface area contributed by atoms with Crippen LogP contribution >= 0.6 is 15.9 Å². The number of carboxylic acid groups (broad SMARTS) is 1. The van der Waals surface area contributed by atoms with Gasteiger partial charge >= 0.3 is 5.97 Å². The van der Waals surface area contributed by atoms with Gasteiger partial charge in [0.05, 0.1) is 17.3 Å². The van der Waals surface area contributed by atoms with Crippen molar-refractivity contribution in [2.45, 2.75) is 6.92 Å². The SMILES string of the molecule is Cc1cccc(-n2ncc3c(C(=O)O)cc(Br)cc32)n1. The normalized spacial score (nSPS) is 10.9. The van der Waals surface area contributed by atoms with Crippen molar-refractivity contribution in [1.82, 2.24) is 14.8 Å². The summed E-state index contributed by atoms with van der Waals surface area (Å²) < 4.78 is 2.33. The Morgan fingerprint density at radius 3 is 2.85 bits per heavy atom. The molecule has 0 aliphatic carbocycles. The first-order valence-electron chi connectivity index (χ1n) is 5.91. The number of aromatic carboxylic acids is 1. The van der Waals surface area contributed by atoms with Crippen LogP contribution in [-0.2, 0) is 0 Å². The molecule has 0 spiro atoms. The number of hydrogen-bond donors (Lipinski definition) is 1. The molecule has 0 fully saturated rings. The topological polar surface area (TPSA) is 68.0 Å². The van der Waals surface area contributed by atoms with Crippen molar-refractivity contribution < 1.29 is 9.90 Å². The van der Waals surface area contributed by atoms with Gasteiger partial charge in [0.1, 0.15) is 0 Å². The van der Waals surface area contributed by atoms with Gasteiger partial charge < -0.3 is 5.11 Å². The Hall–Kier alpha value is -2.21. The number of hydrogen-bond acceptors (Lipinski definition) is 3. The molecule has 0 radical (unpaired) electrons. The fourth-order valence-electron chi connectivity index (χ4n) is 2.10. The van der Waals surface area contributed by atoms with E-state index in [1.807, 2.05) is 31.2 Å². The number of halogens is 1. The summed E-state index contributed by atoms with van der Waals surface area (Å²) in [6.07, 6.45) is 1.55. The molecular formula is C14H10BrN3O2. The number of carbonyl (C=O) groups is 1. The summed E-state index contributed by atoms with van der Waals surface area (Å²) in [4.78, 5) is 15.7. The Kier molecular flexibility index (Phi) is 3.02. The first kappa shape index (κ1) is 12.8. The maximum absolute atomic E-state index is 11.3. The van der Waals surface area contributed by atoms with Crippen molar-refractivity contribution in [2.24, 2.45) is 0 Å². The van der Waals surface area contributed by atoms with Crippen LogP contribution in [0.5, 0.6) is 0 Å². The van der Waals surface area contributed by atoms with E-state index in [4.69, 9.17) is 0 Å². The van der Waals surface area contributed by atoms with E-state index in [2.05, 4.69) is 26.0 Å². The minimum absolute atomic E-state index is 0.216. The van der Waals surface area contributed by atoms with Gasteiger partial charge in [0.15, 0.2) is 5.82 Å². The van der Waals surface area contributed by atoms with Crippen molar-refractivity contribution in [3.8, 4) is 5.82 Å². The van der Waals surface area contributed by atoms with Gasteiger partial charge in [-0.2, -0.15) is 5.10 Å². The van der Waals surface area contributed by atoms with Crippen LogP contribution in [0.1, 0.15) is 16.1 Å². The molecule has 0 bridgehead atoms. The number of carboxylic acids is 1. The number of aromatic nitrogens is 3. The molecule has 0 saturated carbocycles. The smallest absolute Gasteiger partial charge is 0.336 e. The van der Waals surface area contributed by atoms with E-state index in [1.54, 1.807) is 16.9 Å². The average molecular weight is 332 g/mol. The second-order valence-electron chi connectivity index (χ2n) is 4.38. The first-order chi connectivity index (χ1) is 9.56. The Labute approximate surface area is 123 Å². The Bertz CT molecular complexity index is 826. The lowest BCUT2D eigenvalue weighted by atomic mass is 10.1. The van der Waals surface area contributed by atoms with E-state index in [9.17, 15) is 9.90 Å². The lowest BCUT2D eigenvalue weighted by Crippen LogP contribution is -2.01. The van der Waals surface area contributed by atoms with Crippen LogP contribution < -0.4 is 0 Å². The molecule has 0 unspecified atom stereocenters. The van der Waals surface area contributed by atoms with Gasteiger partial charge in [-0.15, -0.1) is 0 Å². The van der Waals surface area contributed by atoms with Crippen LogP contribution in [-0.4, -0.2) is 25.8 Å². The Morgan fingerprint density at radius 2 is 2.15 bits per heavy atom. The van der Waals surface area contributed by atoms with E-state index in [0.717, 1.165) is 5.69 Å². The fraction of sp³-hybridized carbons (Fsp3) is 0.0714. The molecule has 0 saturated heterocycles. The third-order valence-electron chi connectivity index (χ3n) is 2.97. The number of aryl methyl sites for hydroxylation is 1. The molecule has 0 aliphatic rings. The molecule has 2 heterocycles. The lowest BCUT2D eigenvalue weighted by molar-refractivity contribution is 0.0699. The molecule has 100 valence electrons. The molecule has 3 aromatic rings. The summed E-state index contributed by atoms with van der Waals surface area (Å²) in [5, 5.41) is 14.1. The van der Waals surface area contributed by atoms with E-state index in [-0.39, 0.29) is 5.56 Å². The van der Waals surface area contributed by atoms with Crippen LogP contribution in [0, 0.1) is 6.92 Å². The number of fused-ring (bicyclic) bond motifs is 1. The first-order valence-corrected chi connectivity index (χ1v) is 6.70. The number of nitrogens with zero attached hydrogens (tertiary/aromatic N) is 3. The maximum atomic E-state index is 11.3. The van der Waals surface area contributed by atoms with E-state index >= 15 is 0 Å². The van der Waals surface area contributed by atoms with Gasteiger partial charge in [0.25, 0.3) is 0 Å². The summed E-state index contributed by atoms with van der Waals surface area (Å²) in [5.74, 6) is -0.317. The van der Waals surface area contributed by atoms with E-state index in [1.165, 1.54) is 0 Å². The molecule has 1 N–H and O–H groups in total. The van der Waals surface area contributed by atoms with Gasteiger partial charge in [0.2, 0.25) is 0 Å². The van der Waals surface area contributed by atoms with Gasteiger partial charge in [0, 0.05) is 15.6 Å². The highest BCUT2D eigenvalue weighted by Crippen LogP contribution is 2.26. The molecule has 20 heavy (non-hydrogen) atoms. The van der Waals surface area contributed by atoms with E-state index in [0.29, 0.717) is 21.2 Å². The molecule has 0 amide bonds. The Balaban J connectivity index is 2.31. The van der Waals surface area contributed by atoms with Gasteiger partial charge in [-0.3, -0.25) is 0 Å². The summed E-state index contributed by atoms with van der Waals surface area (Å²) in [6, 6.07) is 9.02. The predicted octanol–water partition coefficient (Wildman–Crippen LogP) is 3.19. The van der Waals surface area contributed by atoms with Crippen LogP contribution in [0.3, 0.4) is 0 Å². The highest BCUT2D eigenvalue weighted by atomic mass is 79.9. The number of pyridine rings is 1. The quantitative estimate of drug-likeness (QED) is 0.783. The molecular weight excluding hydrogens is 322 g/mol. The monoisotopic (exact) mass is 331 g/mol. The van der Waals surface area contributed by atoms with Crippen LogP contribution in [0.25, 0.3) is 16.7 Å². The third kappa shape index (κ3) is 2.08. The molecule has 2 aromatic heterocycles. The molecule has 5 nitrogen and oxygen atoms in total. The third-order valence-corrected chi connectivity index (χ3v) is 3.43. The fourth-order valence-corrected chi connectivity index (χ4v) is 2.54. The zero-order chi connectivity index (χ0) is 14.3. The zero-order valence-corrected chi connectivity index (χ0v) is 12.1. The minimum Gasteiger partial charge on any atom is -0.478 e. The van der Waals surface area contributed by atoms with Crippen molar-refractivity contribution in [1.29, 1.82) is 0 Å². The highest BCUT2D eigenvalue weighted by molar-refractivity contribution is 9.10. The van der Waals surface area contributed by atoms with Crippen LogP contribution in [0.2, 0.25) is 0 Å². The summed E-state index contributed by atoms with van der Waals surface area (Å²) in [6.45, 7) is 1.90. The molecule has 1 aromatic carbocycles. The van der Waals surface area contributed by atoms with E-state index < -0.39 is 5.97 Å². The zero-order valence-electron chi connectivity index (χ0n) is 10.5. The maximum Gasteiger partial charge on any atom is 0.336 e. The van der Waals surface area contributed by atoms with Crippen molar-refractivity contribution in [2.75, 3.05) is 0 Å². The highest BCUT2D eigenvalue weighted by Gasteiger charge is 2.15. The lowest BCUT2D eigenvalue weighted by Gasteiger charge is -2.05. The average Bonchev–Trinajstić information content (AvgIpc) is 2.81. The predicted molar refractivity (Wildman–Crippen MR) is 78.3 cm³/mol. The van der Waals surface area contributed by atoms with Crippen LogP contribution in [0.4, 0.5) is 0 Å². The minimum atomic E-state index is -0.979. The second-order valence-corrected chi connectivity index (χ2v) is 5.30. The summed E-state index contributed by atoms with van der Waals surface area (Å²) >= 11 is 3.33. The second kappa shape index (κ2) is 4.72. The molecule has 3 rings (SSSR count). The van der Waals surface area contributed by atoms with Crippen molar-refractivity contribution >= 4 is 32.8 Å². The van der Waals surface area contributed by atoms with Crippen molar-refractivity contribution in [3.05, 3.63) is 52.3 Å². The van der Waals surface area contributed by atoms with Crippen LogP contribution in [0.15, 0.2) is 41.0 Å². The summed E-state index contributed by atoms with van der Waals surface area (Å²) in [5.41, 5.74) is 1.79. The molecule has 0 atom stereocenters. The molecule has 6 heteroatoms. The summed E-state index contributed by atoms with van der Waals surface area (Å²) in [7, 11) is 0. The largest absolute Gasteiger partial charge is 0.478 e. The van der Waals surface area contributed by atoms with Gasteiger partial charge in [-0.05, 0) is 31.2 Å².